The molecule has 0 aromatic carbocycles. The van der Waals surface area contributed by atoms with E-state index in [2.05, 4.69) is 20.5 Å². The summed E-state index contributed by atoms with van der Waals surface area (Å²) in [6.45, 7) is 0. The zero-order chi connectivity index (χ0) is 13.4. The minimum Gasteiger partial charge on any atom is -0.308 e. The second-order valence-corrected chi connectivity index (χ2v) is 4.64. The standard InChI is InChI=1S/C12H13ClN6/c1-14-11(12-9(13)6-16-18(12)2)8-5-17-19-4-3-15-7-10(8)19/h3-7,11,14H,1-2H3. The predicted octanol–water partition coefficient (Wildman–Crippen LogP) is 1.42. The first-order valence-corrected chi connectivity index (χ1v) is 6.22. The molecule has 0 amide bonds. The second kappa shape index (κ2) is 4.64. The molecule has 7 heteroatoms. The van der Waals surface area contributed by atoms with Crippen molar-refractivity contribution in [2.45, 2.75) is 6.04 Å². The van der Waals surface area contributed by atoms with Crippen LogP contribution in [0.2, 0.25) is 5.02 Å². The topological polar surface area (TPSA) is 60.0 Å². The first-order valence-electron chi connectivity index (χ1n) is 5.84. The maximum atomic E-state index is 6.22. The minimum atomic E-state index is -0.0818. The Kier molecular flexibility index (Phi) is 2.96. The van der Waals surface area contributed by atoms with Gasteiger partial charge in [-0.25, -0.2) is 4.52 Å². The molecule has 98 valence electrons. The molecule has 0 spiro atoms. The molecular weight excluding hydrogens is 264 g/mol. The van der Waals surface area contributed by atoms with Crippen LogP contribution in [-0.4, -0.2) is 31.4 Å². The number of nitrogens with one attached hydrogen (secondary N) is 1. The number of halogens is 1. The SMILES string of the molecule is CNC(c1cnn2ccncc12)c1c(Cl)cnn1C. The third-order valence-electron chi connectivity index (χ3n) is 3.17. The second-order valence-electron chi connectivity index (χ2n) is 4.23. The Hall–Kier alpha value is -1.92. The molecule has 3 rings (SSSR count). The van der Waals surface area contributed by atoms with E-state index in [4.69, 9.17) is 11.6 Å². The van der Waals surface area contributed by atoms with Gasteiger partial charge in [0.05, 0.1) is 40.9 Å². The van der Waals surface area contributed by atoms with Crippen LogP contribution < -0.4 is 5.32 Å². The van der Waals surface area contributed by atoms with E-state index in [1.807, 2.05) is 26.5 Å². The zero-order valence-electron chi connectivity index (χ0n) is 10.6. The third kappa shape index (κ3) is 1.89. The Morgan fingerprint density at radius 2 is 2.11 bits per heavy atom. The molecule has 1 unspecified atom stereocenters. The smallest absolute Gasteiger partial charge is 0.0896 e. The molecule has 0 aliphatic heterocycles. The largest absolute Gasteiger partial charge is 0.308 e. The molecule has 0 fully saturated rings. The molecule has 6 nitrogen and oxygen atoms in total. The monoisotopic (exact) mass is 276 g/mol. The molecule has 0 saturated heterocycles. The summed E-state index contributed by atoms with van der Waals surface area (Å²) in [5, 5.41) is 12.4. The van der Waals surface area contributed by atoms with Gasteiger partial charge >= 0.3 is 0 Å². The Balaban J connectivity index is 2.18. The minimum absolute atomic E-state index is 0.0818. The van der Waals surface area contributed by atoms with Crippen molar-refractivity contribution in [1.29, 1.82) is 0 Å². The van der Waals surface area contributed by atoms with Crippen LogP contribution in [0.4, 0.5) is 0 Å². The normalized spacial score (nSPS) is 13.0. The van der Waals surface area contributed by atoms with Crippen molar-refractivity contribution in [2.24, 2.45) is 7.05 Å². The van der Waals surface area contributed by atoms with Gasteiger partial charge in [-0.3, -0.25) is 9.67 Å². The summed E-state index contributed by atoms with van der Waals surface area (Å²) in [6.07, 6.45) is 8.77. The van der Waals surface area contributed by atoms with Gasteiger partial charge in [-0.1, -0.05) is 11.6 Å². The van der Waals surface area contributed by atoms with Crippen LogP contribution in [0.5, 0.6) is 0 Å². The van der Waals surface area contributed by atoms with E-state index in [-0.39, 0.29) is 6.04 Å². The molecule has 0 bridgehead atoms. The van der Waals surface area contributed by atoms with Gasteiger partial charge in [0.25, 0.3) is 0 Å². The quantitative estimate of drug-likeness (QED) is 0.786. The number of aromatic nitrogens is 5. The summed E-state index contributed by atoms with van der Waals surface area (Å²) >= 11 is 6.22. The lowest BCUT2D eigenvalue weighted by atomic mass is 10.1. The fourth-order valence-corrected chi connectivity index (χ4v) is 2.53. The molecular formula is C12H13ClN6. The first-order chi connectivity index (χ1) is 9.22. The molecule has 3 aromatic heterocycles. The first kappa shape index (κ1) is 12.1. The van der Waals surface area contributed by atoms with Gasteiger partial charge in [-0.15, -0.1) is 0 Å². The van der Waals surface area contributed by atoms with Crippen LogP contribution in [-0.2, 0) is 7.05 Å². The number of hydrogen-bond acceptors (Lipinski definition) is 4. The van der Waals surface area contributed by atoms with Crippen molar-refractivity contribution in [3.05, 3.63) is 47.3 Å². The highest BCUT2D eigenvalue weighted by Gasteiger charge is 2.22. The molecule has 1 atom stereocenters. The molecule has 0 aliphatic rings. The van der Waals surface area contributed by atoms with Crippen LogP contribution in [0.1, 0.15) is 17.3 Å². The zero-order valence-corrected chi connectivity index (χ0v) is 11.3. The van der Waals surface area contributed by atoms with Crippen molar-refractivity contribution in [3.8, 4) is 0 Å². The summed E-state index contributed by atoms with van der Waals surface area (Å²) in [6, 6.07) is -0.0818. The van der Waals surface area contributed by atoms with Gasteiger partial charge in [0.1, 0.15) is 0 Å². The highest BCUT2D eigenvalue weighted by atomic mass is 35.5. The molecule has 0 saturated carbocycles. The number of fused-ring (bicyclic) bond motifs is 1. The van der Waals surface area contributed by atoms with E-state index in [9.17, 15) is 0 Å². The molecule has 19 heavy (non-hydrogen) atoms. The maximum Gasteiger partial charge on any atom is 0.0896 e. The van der Waals surface area contributed by atoms with E-state index in [0.29, 0.717) is 5.02 Å². The lowest BCUT2D eigenvalue weighted by Gasteiger charge is -2.16. The third-order valence-corrected chi connectivity index (χ3v) is 3.46. The Bertz CT molecular complexity index is 696. The molecule has 0 radical (unpaired) electrons. The number of aryl methyl sites for hydroxylation is 1. The summed E-state index contributed by atoms with van der Waals surface area (Å²) in [7, 11) is 3.75. The Morgan fingerprint density at radius 1 is 1.26 bits per heavy atom. The fourth-order valence-electron chi connectivity index (χ4n) is 2.26. The van der Waals surface area contributed by atoms with Crippen molar-refractivity contribution in [1.82, 2.24) is 29.7 Å². The van der Waals surface area contributed by atoms with E-state index in [0.717, 1.165) is 16.8 Å². The Morgan fingerprint density at radius 3 is 2.79 bits per heavy atom. The Labute approximate surface area is 115 Å². The van der Waals surface area contributed by atoms with E-state index < -0.39 is 0 Å². The average Bonchev–Trinajstić information content (AvgIpc) is 2.98. The van der Waals surface area contributed by atoms with E-state index >= 15 is 0 Å². The molecule has 3 aromatic rings. The molecule has 0 aliphatic carbocycles. The van der Waals surface area contributed by atoms with Crippen molar-refractivity contribution < 1.29 is 0 Å². The number of hydrogen-bond donors (Lipinski definition) is 1. The van der Waals surface area contributed by atoms with E-state index in [1.165, 1.54) is 0 Å². The van der Waals surface area contributed by atoms with Gasteiger partial charge in [0.2, 0.25) is 0 Å². The number of nitrogens with zero attached hydrogens (tertiary/aromatic N) is 5. The maximum absolute atomic E-state index is 6.22. The summed E-state index contributed by atoms with van der Waals surface area (Å²) in [4.78, 5) is 4.14. The molecule has 1 N–H and O–H groups in total. The van der Waals surface area contributed by atoms with Crippen molar-refractivity contribution in [3.63, 3.8) is 0 Å². The van der Waals surface area contributed by atoms with Crippen LogP contribution in [0.3, 0.4) is 0 Å². The van der Waals surface area contributed by atoms with E-state index in [1.54, 1.807) is 27.8 Å². The lowest BCUT2D eigenvalue weighted by molar-refractivity contribution is 0.609. The van der Waals surface area contributed by atoms with Crippen molar-refractivity contribution >= 4 is 17.1 Å². The average molecular weight is 277 g/mol. The van der Waals surface area contributed by atoms with Crippen LogP contribution in [0.25, 0.3) is 5.52 Å². The van der Waals surface area contributed by atoms with Crippen LogP contribution in [0, 0.1) is 0 Å². The summed E-state index contributed by atoms with van der Waals surface area (Å²) < 4.78 is 3.56. The predicted molar refractivity (Wildman–Crippen MR) is 72.1 cm³/mol. The van der Waals surface area contributed by atoms with Gasteiger partial charge in [0.15, 0.2) is 0 Å². The van der Waals surface area contributed by atoms with Crippen LogP contribution in [0.15, 0.2) is 31.0 Å². The molecule has 3 heterocycles. The van der Waals surface area contributed by atoms with Crippen LogP contribution >= 0.6 is 11.6 Å². The summed E-state index contributed by atoms with van der Waals surface area (Å²) in [5.41, 5.74) is 2.86. The van der Waals surface area contributed by atoms with Gasteiger partial charge < -0.3 is 5.32 Å². The van der Waals surface area contributed by atoms with Crippen molar-refractivity contribution in [2.75, 3.05) is 7.05 Å². The highest BCUT2D eigenvalue weighted by Crippen LogP contribution is 2.29. The summed E-state index contributed by atoms with van der Waals surface area (Å²) in [5.74, 6) is 0. The fraction of sp³-hybridized carbons (Fsp3) is 0.250. The van der Waals surface area contributed by atoms with Gasteiger partial charge in [-0.2, -0.15) is 10.2 Å². The lowest BCUT2D eigenvalue weighted by Crippen LogP contribution is -2.21. The number of rotatable bonds is 3. The van der Waals surface area contributed by atoms with Gasteiger partial charge in [0, 0.05) is 25.0 Å². The highest BCUT2D eigenvalue weighted by molar-refractivity contribution is 6.31. The van der Waals surface area contributed by atoms with Gasteiger partial charge in [-0.05, 0) is 7.05 Å².